The highest BCUT2D eigenvalue weighted by atomic mass is 16.5. The second kappa shape index (κ2) is 6.99. The van der Waals surface area contributed by atoms with Gasteiger partial charge in [0.25, 0.3) is 5.91 Å². The van der Waals surface area contributed by atoms with Crippen molar-refractivity contribution in [2.45, 2.75) is 6.04 Å². The summed E-state index contributed by atoms with van der Waals surface area (Å²) >= 11 is 0. The van der Waals surface area contributed by atoms with E-state index in [1.165, 1.54) is 0 Å². The molecule has 4 aromatic rings. The lowest BCUT2D eigenvalue weighted by Crippen LogP contribution is -2.31. The Bertz CT molecular complexity index is 1080. The number of nitrogens with one attached hydrogen (secondary N) is 2. The van der Waals surface area contributed by atoms with E-state index in [1.807, 2.05) is 72.4 Å². The van der Waals surface area contributed by atoms with E-state index in [2.05, 4.69) is 15.3 Å². The van der Waals surface area contributed by atoms with Gasteiger partial charge < -0.3 is 19.6 Å². The maximum absolute atomic E-state index is 12.9. The minimum Gasteiger partial charge on any atom is -0.497 e. The fourth-order valence-corrected chi connectivity index (χ4v) is 3.16. The van der Waals surface area contributed by atoms with Gasteiger partial charge in [-0.15, -0.1) is 0 Å². The molecule has 1 unspecified atom stereocenters. The molecule has 0 spiro atoms. The van der Waals surface area contributed by atoms with E-state index in [9.17, 15) is 4.79 Å². The van der Waals surface area contributed by atoms with E-state index < -0.39 is 0 Å². The summed E-state index contributed by atoms with van der Waals surface area (Å²) in [6.07, 6.45) is 3.60. The molecule has 0 aliphatic carbocycles. The first-order valence-electron chi connectivity index (χ1n) is 8.65. The van der Waals surface area contributed by atoms with Crippen molar-refractivity contribution < 1.29 is 9.53 Å². The number of H-pyrrole nitrogens is 1. The van der Waals surface area contributed by atoms with Gasteiger partial charge in [-0.25, -0.2) is 4.98 Å². The third-order valence-electron chi connectivity index (χ3n) is 4.60. The summed E-state index contributed by atoms with van der Waals surface area (Å²) < 4.78 is 7.16. The molecule has 27 heavy (non-hydrogen) atoms. The second-order valence-electron chi connectivity index (χ2n) is 6.35. The molecule has 2 N–H and O–H groups in total. The first-order chi connectivity index (χ1) is 13.2. The summed E-state index contributed by atoms with van der Waals surface area (Å²) in [5.74, 6) is 1.32. The van der Waals surface area contributed by atoms with Crippen molar-refractivity contribution in [1.29, 1.82) is 0 Å². The van der Waals surface area contributed by atoms with Crippen molar-refractivity contribution in [3.8, 4) is 5.75 Å². The van der Waals surface area contributed by atoms with Crippen LogP contribution in [0.25, 0.3) is 10.9 Å². The zero-order valence-corrected chi connectivity index (χ0v) is 15.1. The van der Waals surface area contributed by atoms with Crippen molar-refractivity contribution in [2.75, 3.05) is 7.11 Å². The first kappa shape index (κ1) is 16.9. The number of ether oxygens (including phenoxy) is 1. The average molecular weight is 360 g/mol. The highest BCUT2D eigenvalue weighted by Gasteiger charge is 2.22. The molecule has 0 saturated heterocycles. The molecular weight excluding hydrogens is 340 g/mol. The predicted octanol–water partition coefficient (Wildman–Crippen LogP) is 3.43. The summed E-state index contributed by atoms with van der Waals surface area (Å²) in [6.45, 7) is 0. The molecule has 0 saturated carbocycles. The van der Waals surface area contributed by atoms with Crippen LogP contribution in [0.3, 0.4) is 0 Å². The van der Waals surface area contributed by atoms with E-state index in [1.54, 1.807) is 13.3 Å². The summed E-state index contributed by atoms with van der Waals surface area (Å²) in [7, 11) is 3.54. The van der Waals surface area contributed by atoms with E-state index >= 15 is 0 Å². The summed E-state index contributed by atoms with van der Waals surface area (Å²) in [6, 6.07) is 17.0. The Labute approximate surface area is 156 Å². The normalized spacial score (nSPS) is 12.1. The standard InChI is InChI=1S/C21H20N4O2/c1-25-11-10-22-20(25)19(14-6-4-3-5-7-14)24-21(26)18-12-15-8-9-16(27-2)13-17(15)23-18/h3-13,19,23H,1-2H3,(H,24,26). The molecule has 2 aromatic carbocycles. The zero-order chi connectivity index (χ0) is 18.8. The summed E-state index contributed by atoms with van der Waals surface area (Å²) in [5, 5.41) is 4.05. The number of carbonyl (C=O) groups excluding carboxylic acids is 1. The number of imidazole rings is 1. The maximum Gasteiger partial charge on any atom is 0.268 e. The van der Waals surface area contributed by atoms with Crippen LogP contribution in [-0.4, -0.2) is 27.6 Å². The van der Waals surface area contributed by atoms with Gasteiger partial charge >= 0.3 is 0 Å². The Morgan fingerprint density at radius 2 is 2.00 bits per heavy atom. The molecule has 0 aliphatic rings. The molecular formula is C21H20N4O2. The number of nitrogens with zero attached hydrogens (tertiary/aromatic N) is 2. The first-order valence-corrected chi connectivity index (χ1v) is 8.65. The van der Waals surface area contributed by atoms with Gasteiger partial charge in [0, 0.05) is 36.4 Å². The quantitative estimate of drug-likeness (QED) is 0.573. The highest BCUT2D eigenvalue weighted by Crippen LogP contribution is 2.23. The molecule has 2 aromatic heterocycles. The Balaban J connectivity index is 1.67. The molecule has 136 valence electrons. The van der Waals surface area contributed by atoms with E-state index in [-0.39, 0.29) is 11.9 Å². The average Bonchev–Trinajstić information content (AvgIpc) is 3.32. The predicted molar refractivity (Wildman–Crippen MR) is 104 cm³/mol. The van der Waals surface area contributed by atoms with Crippen molar-refractivity contribution in [3.63, 3.8) is 0 Å². The number of carbonyl (C=O) groups is 1. The molecule has 1 atom stereocenters. The van der Waals surface area contributed by atoms with Gasteiger partial charge in [0.05, 0.1) is 7.11 Å². The molecule has 0 radical (unpaired) electrons. The smallest absolute Gasteiger partial charge is 0.268 e. The van der Waals surface area contributed by atoms with Gasteiger partial charge in [-0.1, -0.05) is 30.3 Å². The van der Waals surface area contributed by atoms with Crippen LogP contribution in [0.15, 0.2) is 67.0 Å². The number of fused-ring (bicyclic) bond motifs is 1. The van der Waals surface area contributed by atoms with Crippen LogP contribution in [0.1, 0.15) is 27.9 Å². The minimum atomic E-state index is -0.348. The van der Waals surface area contributed by atoms with Crippen molar-refractivity contribution in [1.82, 2.24) is 19.9 Å². The molecule has 0 aliphatic heterocycles. The number of hydrogen-bond acceptors (Lipinski definition) is 3. The van der Waals surface area contributed by atoms with Crippen molar-refractivity contribution in [2.24, 2.45) is 7.05 Å². The van der Waals surface area contributed by atoms with Gasteiger partial charge in [0.1, 0.15) is 23.3 Å². The molecule has 2 heterocycles. The largest absolute Gasteiger partial charge is 0.497 e. The SMILES string of the molecule is COc1ccc2cc(C(=O)NC(c3ccccc3)c3nccn3C)[nH]c2c1. The molecule has 1 amide bonds. The van der Waals surface area contributed by atoms with Crippen LogP contribution in [-0.2, 0) is 7.05 Å². The van der Waals surface area contributed by atoms with Crippen LogP contribution in [0.4, 0.5) is 0 Å². The number of aryl methyl sites for hydroxylation is 1. The molecule has 6 nitrogen and oxygen atoms in total. The van der Waals surface area contributed by atoms with E-state index in [0.717, 1.165) is 28.0 Å². The van der Waals surface area contributed by atoms with E-state index in [4.69, 9.17) is 4.74 Å². The molecule has 6 heteroatoms. The number of amides is 1. The number of benzene rings is 2. The summed E-state index contributed by atoms with van der Waals surface area (Å²) in [4.78, 5) is 20.5. The van der Waals surface area contributed by atoms with Crippen LogP contribution in [0.2, 0.25) is 0 Å². The second-order valence-corrected chi connectivity index (χ2v) is 6.35. The Hall–Kier alpha value is -3.54. The summed E-state index contributed by atoms with van der Waals surface area (Å²) in [5.41, 5.74) is 2.32. The van der Waals surface area contributed by atoms with Crippen molar-refractivity contribution >= 4 is 16.8 Å². The fourth-order valence-electron chi connectivity index (χ4n) is 3.16. The Kier molecular flexibility index (Phi) is 4.38. The van der Waals surface area contributed by atoms with Gasteiger partial charge in [-0.2, -0.15) is 0 Å². The topological polar surface area (TPSA) is 71.9 Å². The third kappa shape index (κ3) is 3.29. The molecule has 0 fully saturated rings. The van der Waals surface area contributed by atoms with Gasteiger partial charge in [-0.05, 0) is 23.8 Å². The number of hydrogen-bond donors (Lipinski definition) is 2. The lowest BCUT2D eigenvalue weighted by molar-refractivity contribution is 0.0937. The number of methoxy groups -OCH3 is 1. The van der Waals surface area contributed by atoms with Crippen LogP contribution >= 0.6 is 0 Å². The third-order valence-corrected chi connectivity index (χ3v) is 4.60. The number of rotatable bonds is 5. The van der Waals surface area contributed by atoms with E-state index in [0.29, 0.717) is 5.69 Å². The number of aromatic nitrogens is 3. The lowest BCUT2D eigenvalue weighted by Gasteiger charge is -2.18. The monoisotopic (exact) mass is 360 g/mol. The lowest BCUT2D eigenvalue weighted by atomic mass is 10.1. The van der Waals surface area contributed by atoms with Crippen LogP contribution < -0.4 is 10.1 Å². The van der Waals surface area contributed by atoms with Crippen LogP contribution in [0, 0.1) is 0 Å². The highest BCUT2D eigenvalue weighted by molar-refractivity contribution is 5.98. The molecule has 4 rings (SSSR count). The van der Waals surface area contributed by atoms with Gasteiger partial charge in [-0.3, -0.25) is 4.79 Å². The van der Waals surface area contributed by atoms with Gasteiger partial charge in [0.15, 0.2) is 0 Å². The Morgan fingerprint density at radius 1 is 1.19 bits per heavy atom. The molecule has 0 bridgehead atoms. The number of aromatic amines is 1. The fraction of sp³-hybridized carbons (Fsp3) is 0.143. The maximum atomic E-state index is 12.9. The zero-order valence-electron chi connectivity index (χ0n) is 15.1. The Morgan fingerprint density at radius 3 is 2.70 bits per heavy atom. The van der Waals surface area contributed by atoms with Crippen molar-refractivity contribution in [3.05, 3.63) is 84.1 Å². The van der Waals surface area contributed by atoms with Gasteiger partial charge in [0.2, 0.25) is 0 Å². The van der Waals surface area contributed by atoms with Crippen LogP contribution in [0.5, 0.6) is 5.75 Å². The minimum absolute atomic E-state index is 0.193.